The van der Waals surface area contributed by atoms with Gasteiger partial charge in [0.1, 0.15) is 11.9 Å². The van der Waals surface area contributed by atoms with E-state index in [1.54, 1.807) is 18.9 Å². The number of hydrogen-bond donors (Lipinski definition) is 1. The van der Waals surface area contributed by atoms with Gasteiger partial charge in [0.25, 0.3) is 6.43 Å². The van der Waals surface area contributed by atoms with E-state index in [0.717, 1.165) is 18.5 Å². The average Bonchev–Trinajstić information content (AvgIpc) is 3.32. The second-order valence-corrected chi connectivity index (χ2v) is 8.90. The van der Waals surface area contributed by atoms with Crippen molar-refractivity contribution in [2.45, 2.75) is 51.1 Å². The summed E-state index contributed by atoms with van der Waals surface area (Å²) in [6, 6.07) is 0.835. The number of alkyl halides is 2. The fourth-order valence-corrected chi connectivity index (χ4v) is 5.14. The van der Waals surface area contributed by atoms with Crippen LogP contribution in [0, 0.1) is 18.8 Å². The van der Waals surface area contributed by atoms with Crippen LogP contribution in [0.5, 0.6) is 0 Å². The minimum absolute atomic E-state index is 0.00152. The van der Waals surface area contributed by atoms with Crippen LogP contribution in [0.25, 0.3) is 0 Å². The molecule has 1 aromatic rings. The number of aromatic nitrogens is 2. The Labute approximate surface area is 180 Å². The van der Waals surface area contributed by atoms with E-state index < -0.39 is 12.5 Å². The highest BCUT2D eigenvalue weighted by molar-refractivity contribution is 5.89. The molecule has 2 saturated heterocycles. The highest BCUT2D eigenvalue weighted by Gasteiger charge is 2.40. The van der Waals surface area contributed by atoms with E-state index in [2.05, 4.69) is 10.4 Å². The Balaban J connectivity index is 1.33. The van der Waals surface area contributed by atoms with E-state index in [1.165, 1.54) is 4.68 Å². The number of fused-ring (bicyclic) bond motifs is 1. The lowest BCUT2D eigenvalue weighted by atomic mass is 9.84. The molecule has 172 valence electrons. The SMILES string of the molecule is COCCN1C[C@H](C(=O)N2CCC([C@@H]3C[C@H](C(F)F)n4nc(C)cc4N3)CC2)CC1=O. The number of ether oxygens (including phenoxy) is 1. The van der Waals surface area contributed by atoms with Crippen molar-refractivity contribution in [3.8, 4) is 0 Å². The first-order valence-corrected chi connectivity index (χ1v) is 11.0. The van der Waals surface area contributed by atoms with Crippen LogP contribution in [0.15, 0.2) is 6.07 Å². The molecule has 1 N–H and O–H groups in total. The van der Waals surface area contributed by atoms with Crippen molar-refractivity contribution in [3.05, 3.63) is 11.8 Å². The van der Waals surface area contributed by atoms with Crippen LogP contribution >= 0.6 is 0 Å². The summed E-state index contributed by atoms with van der Waals surface area (Å²) in [5.74, 6) is 0.606. The molecule has 0 bridgehead atoms. The fraction of sp³-hybridized carbons (Fsp3) is 0.762. The van der Waals surface area contributed by atoms with Crippen molar-refractivity contribution < 1.29 is 23.1 Å². The quantitative estimate of drug-likeness (QED) is 0.733. The van der Waals surface area contributed by atoms with Gasteiger partial charge in [-0.15, -0.1) is 0 Å². The Morgan fingerprint density at radius 1 is 1.35 bits per heavy atom. The van der Waals surface area contributed by atoms with Crippen molar-refractivity contribution in [1.29, 1.82) is 0 Å². The number of carbonyl (C=O) groups is 2. The van der Waals surface area contributed by atoms with Gasteiger partial charge in [-0.3, -0.25) is 9.59 Å². The van der Waals surface area contributed by atoms with Gasteiger partial charge in [-0.05, 0) is 32.1 Å². The number of methoxy groups -OCH3 is 1. The van der Waals surface area contributed by atoms with Gasteiger partial charge < -0.3 is 19.9 Å². The minimum Gasteiger partial charge on any atom is -0.383 e. The third-order valence-electron chi connectivity index (χ3n) is 6.84. The van der Waals surface area contributed by atoms with Crippen LogP contribution in [-0.2, 0) is 14.3 Å². The van der Waals surface area contributed by atoms with Gasteiger partial charge in [-0.25, -0.2) is 13.5 Å². The van der Waals surface area contributed by atoms with Crippen LogP contribution in [0.1, 0.15) is 37.4 Å². The molecule has 2 amide bonds. The number of halogens is 2. The molecule has 1 aromatic heterocycles. The lowest BCUT2D eigenvalue weighted by Crippen LogP contribution is -2.47. The molecule has 0 saturated carbocycles. The molecule has 4 rings (SSSR count). The van der Waals surface area contributed by atoms with Gasteiger partial charge in [0.05, 0.1) is 18.2 Å². The van der Waals surface area contributed by atoms with E-state index in [1.807, 2.05) is 11.0 Å². The maximum absolute atomic E-state index is 13.6. The molecular formula is C21H31F2N5O3. The first kappa shape index (κ1) is 22.0. The normalized spacial score (nSPS) is 27.0. The molecule has 0 radical (unpaired) electrons. The minimum atomic E-state index is -2.47. The number of rotatable bonds is 6. The van der Waals surface area contributed by atoms with Crippen molar-refractivity contribution in [1.82, 2.24) is 19.6 Å². The molecule has 2 fully saturated rings. The lowest BCUT2D eigenvalue weighted by molar-refractivity contribution is -0.137. The van der Waals surface area contributed by atoms with Crippen molar-refractivity contribution in [3.63, 3.8) is 0 Å². The van der Waals surface area contributed by atoms with Gasteiger partial charge in [-0.1, -0.05) is 0 Å². The molecule has 8 nitrogen and oxygen atoms in total. The number of nitrogens with one attached hydrogen (secondary N) is 1. The van der Waals surface area contributed by atoms with Crippen LogP contribution in [-0.4, -0.2) is 83.8 Å². The van der Waals surface area contributed by atoms with Crippen molar-refractivity contribution >= 4 is 17.6 Å². The summed E-state index contributed by atoms with van der Waals surface area (Å²) in [7, 11) is 1.59. The number of likely N-dealkylation sites (tertiary alicyclic amines) is 2. The van der Waals surface area contributed by atoms with Gasteiger partial charge >= 0.3 is 0 Å². The van der Waals surface area contributed by atoms with Gasteiger partial charge in [0.15, 0.2) is 0 Å². The first-order chi connectivity index (χ1) is 14.9. The number of amides is 2. The lowest BCUT2D eigenvalue weighted by Gasteiger charge is -2.41. The molecular weight excluding hydrogens is 408 g/mol. The third-order valence-corrected chi connectivity index (χ3v) is 6.84. The molecule has 3 atom stereocenters. The summed E-state index contributed by atoms with van der Waals surface area (Å²) in [5, 5.41) is 7.63. The molecule has 10 heteroatoms. The van der Waals surface area contributed by atoms with Crippen molar-refractivity contribution in [2.75, 3.05) is 45.2 Å². The predicted molar refractivity (Wildman–Crippen MR) is 110 cm³/mol. The van der Waals surface area contributed by atoms with E-state index in [4.69, 9.17) is 4.74 Å². The van der Waals surface area contributed by atoms with Gasteiger partial charge in [0.2, 0.25) is 11.8 Å². The average molecular weight is 440 g/mol. The third kappa shape index (κ3) is 4.53. The van der Waals surface area contributed by atoms with E-state index in [-0.39, 0.29) is 36.1 Å². The first-order valence-electron chi connectivity index (χ1n) is 11.0. The summed E-state index contributed by atoms with van der Waals surface area (Å²) in [6.07, 6.45) is -0.353. The Morgan fingerprint density at radius 2 is 2.10 bits per heavy atom. The Bertz CT molecular complexity index is 809. The van der Waals surface area contributed by atoms with E-state index in [9.17, 15) is 18.4 Å². The number of aryl methyl sites for hydroxylation is 1. The van der Waals surface area contributed by atoms with Crippen molar-refractivity contribution in [2.24, 2.45) is 11.8 Å². The molecule has 4 heterocycles. The van der Waals surface area contributed by atoms with Crippen LogP contribution in [0.3, 0.4) is 0 Å². The number of anilines is 1. The Morgan fingerprint density at radius 3 is 2.77 bits per heavy atom. The highest BCUT2D eigenvalue weighted by atomic mass is 19.3. The van der Waals surface area contributed by atoms with E-state index >= 15 is 0 Å². The van der Waals surface area contributed by atoms with Crippen LogP contribution in [0.4, 0.5) is 14.6 Å². The summed E-state index contributed by atoms with van der Waals surface area (Å²) >= 11 is 0. The zero-order valence-electron chi connectivity index (χ0n) is 18.1. The Hall–Kier alpha value is -2.23. The smallest absolute Gasteiger partial charge is 0.260 e. The van der Waals surface area contributed by atoms with Crippen LogP contribution < -0.4 is 5.32 Å². The zero-order valence-corrected chi connectivity index (χ0v) is 18.1. The second-order valence-electron chi connectivity index (χ2n) is 8.90. The number of hydrogen-bond acceptors (Lipinski definition) is 5. The standard InChI is InChI=1S/C21H31F2N5O3/c1-13-9-18-24-16(11-17(20(22)23)28(18)25-13)14-3-5-26(6-4-14)21(30)15-10-19(29)27(12-15)7-8-31-2/h9,14-17,20,24H,3-8,10-12H2,1-2H3/t15-,16+,17-/m1/s1. The molecule has 0 aromatic carbocycles. The molecule has 0 unspecified atom stereocenters. The van der Waals surface area contributed by atoms with Crippen LogP contribution in [0.2, 0.25) is 0 Å². The zero-order chi connectivity index (χ0) is 22.1. The number of piperidine rings is 1. The highest BCUT2D eigenvalue weighted by Crippen LogP contribution is 2.37. The number of nitrogens with zero attached hydrogens (tertiary/aromatic N) is 4. The summed E-state index contributed by atoms with van der Waals surface area (Å²) < 4.78 is 33.7. The fourth-order valence-electron chi connectivity index (χ4n) is 5.14. The largest absolute Gasteiger partial charge is 0.383 e. The summed E-state index contributed by atoms with van der Waals surface area (Å²) in [4.78, 5) is 28.6. The van der Waals surface area contributed by atoms with Gasteiger partial charge in [0, 0.05) is 51.8 Å². The van der Waals surface area contributed by atoms with E-state index in [0.29, 0.717) is 45.0 Å². The Kier molecular flexibility index (Phi) is 6.45. The molecule has 31 heavy (non-hydrogen) atoms. The van der Waals surface area contributed by atoms with Gasteiger partial charge in [-0.2, -0.15) is 5.10 Å². The molecule has 0 aliphatic carbocycles. The maximum atomic E-state index is 13.6. The monoisotopic (exact) mass is 439 g/mol. The second kappa shape index (κ2) is 9.10. The summed E-state index contributed by atoms with van der Waals surface area (Å²) in [6.45, 7) is 4.42. The predicted octanol–water partition coefficient (Wildman–Crippen LogP) is 1.92. The summed E-state index contributed by atoms with van der Waals surface area (Å²) in [5.41, 5.74) is 0.722. The molecule has 0 spiro atoms. The molecule has 3 aliphatic heterocycles. The molecule has 3 aliphatic rings. The topological polar surface area (TPSA) is 79.7 Å². The number of carbonyl (C=O) groups excluding carboxylic acids is 2. The maximum Gasteiger partial charge on any atom is 0.260 e.